The van der Waals surface area contributed by atoms with Crippen LogP contribution in [0.5, 0.6) is 5.75 Å². The average molecular weight is 452 g/mol. The normalized spacial score (nSPS) is 13.5. The smallest absolute Gasteiger partial charge is 0.166 e. The maximum absolute atomic E-state index is 10.9. The topological polar surface area (TPSA) is 144 Å². The predicted octanol–water partition coefficient (Wildman–Crippen LogP) is 1.41. The average Bonchev–Trinajstić information content (AvgIpc) is 3.65. The van der Waals surface area contributed by atoms with Gasteiger partial charge in [0.25, 0.3) is 0 Å². The van der Waals surface area contributed by atoms with E-state index in [9.17, 15) is 20.4 Å². The molecule has 0 saturated carbocycles. The fourth-order valence-corrected chi connectivity index (χ4v) is 4.27. The Morgan fingerprint density at radius 1 is 0.471 bits per heavy atom. The minimum absolute atomic E-state index is 0.0158. The zero-order valence-corrected chi connectivity index (χ0v) is 17.7. The number of fused-ring (bicyclic) bond motifs is 8. The van der Waals surface area contributed by atoms with Gasteiger partial charge in [0, 0.05) is 17.3 Å². The van der Waals surface area contributed by atoms with E-state index in [1.165, 1.54) is 0 Å². The van der Waals surface area contributed by atoms with Crippen LogP contribution in [0.4, 0.5) is 0 Å². The van der Waals surface area contributed by atoms with Gasteiger partial charge >= 0.3 is 0 Å². The molecular formula is C26H20N4O4. The van der Waals surface area contributed by atoms with Crippen LogP contribution >= 0.6 is 0 Å². The summed E-state index contributed by atoms with van der Waals surface area (Å²) in [7, 11) is 0. The van der Waals surface area contributed by atoms with Gasteiger partial charge in [-0.15, -0.1) is 0 Å². The van der Waals surface area contributed by atoms with Crippen molar-refractivity contribution in [3.8, 4) is 5.75 Å². The molecule has 1 aromatic carbocycles. The van der Waals surface area contributed by atoms with Gasteiger partial charge in [-0.05, 0) is 42.0 Å². The first kappa shape index (κ1) is 19.7. The van der Waals surface area contributed by atoms with Gasteiger partial charge in [-0.25, -0.2) is 0 Å². The van der Waals surface area contributed by atoms with E-state index in [1.54, 1.807) is 36.4 Å². The molecule has 6 rings (SSSR count). The molecule has 0 unspecified atom stereocenters. The van der Waals surface area contributed by atoms with Gasteiger partial charge in [0.15, 0.2) is 17.3 Å². The van der Waals surface area contributed by atoms with Gasteiger partial charge in [0.05, 0.1) is 33.1 Å². The highest BCUT2D eigenvalue weighted by molar-refractivity contribution is 5.78. The van der Waals surface area contributed by atoms with E-state index < -0.39 is 0 Å². The van der Waals surface area contributed by atoms with E-state index in [0.717, 1.165) is 11.1 Å². The van der Waals surface area contributed by atoms with Crippen LogP contribution in [0.2, 0.25) is 0 Å². The molecule has 8 bridgehead atoms. The largest absolute Gasteiger partial charge is 0.506 e. The molecule has 0 aliphatic carbocycles. The summed E-state index contributed by atoms with van der Waals surface area (Å²) < 4.78 is 0. The molecule has 168 valence electrons. The third-order valence-electron chi connectivity index (χ3n) is 5.97. The molecule has 0 radical (unpaired) electrons. The van der Waals surface area contributed by atoms with Crippen LogP contribution in [-0.2, 0) is 0 Å². The quantitative estimate of drug-likeness (QED) is 0.194. The van der Waals surface area contributed by atoms with Crippen molar-refractivity contribution in [2.24, 2.45) is 0 Å². The highest BCUT2D eigenvalue weighted by Crippen LogP contribution is 2.22. The number of rotatable bonds is 1. The van der Waals surface area contributed by atoms with Crippen LogP contribution in [0, 0.1) is 0 Å². The summed E-state index contributed by atoms with van der Waals surface area (Å²) in [5, 5.41) is 44.7. The fourth-order valence-electron chi connectivity index (χ4n) is 4.27. The molecule has 8 nitrogen and oxygen atoms in total. The number of aromatic nitrogens is 4. The second-order valence-corrected chi connectivity index (χ2v) is 8.09. The SMILES string of the molecule is OC1=c2ccc([nH]2)=C(O)c2ccc([nH]2)C(O)=c2[nH]c(cc2O)=C(c2ccccc2)c2ccc1[nH]2. The summed E-state index contributed by atoms with van der Waals surface area (Å²) in [4.78, 5) is 12.4. The van der Waals surface area contributed by atoms with Gasteiger partial charge in [0.2, 0.25) is 0 Å². The Balaban J connectivity index is 1.77. The molecule has 0 atom stereocenters. The molecular weight excluding hydrogens is 432 g/mol. The summed E-state index contributed by atoms with van der Waals surface area (Å²) in [6.07, 6.45) is 0. The van der Waals surface area contributed by atoms with Gasteiger partial charge in [-0.1, -0.05) is 30.3 Å². The van der Waals surface area contributed by atoms with Crippen molar-refractivity contribution in [1.82, 2.24) is 19.9 Å². The Labute approximate surface area is 191 Å². The van der Waals surface area contributed by atoms with E-state index in [-0.39, 0.29) is 28.4 Å². The van der Waals surface area contributed by atoms with Gasteiger partial charge in [0.1, 0.15) is 11.1 Å². The van der Waals surface area contributed by atoms with Crippen molar-refractivity contribution in [1.29, 1.82) is 0 Å². The van der Waals surface area contributed by atoms with Crippen LogP contribution in [0.25, 0.3) is 22.9 Å². The number of benzene rings is 1. The summed E-state index contributed by atoms with van der Waals surface area (Å²) in [6.45, 7) is 0. The first-order chi connectivity index (χ1) is 16.5. The van der Waals surface area contributed by atoms with Crippen molar-refractivity contribution in [3.05, 3.63) is 123 Å². The highest BCUT2D eigenvalue weighted by Gasteiger charge is 2.16. The number of aromatic hydroxyl groups is 1. The summed E-state index contributed by atoms with van der Waals surface area (Å²) >= 11 is 0. The molecule has 8 heteroatoms. The third-order valence-corrected chi connectivity index (χ3v) is 5.97. The highest BCUT2D eigenvalue weighted by atomic mass is 16.3. The van der Waals surface area contributed by atoms with Gasteiger partial charge in [-0.3, -0.25) is 0 Å². The third kappa shape index (κ3) is 3.01. The van der Waals surface area contributed by atoms with Crippen molar-refractivity contribution in [2.45, 2.75) is 0 Å². The molecule has 0 fully saturated rings. The van der Waals surface area contributed by atoms with Crippen LogP contribution < -0.4 is 21.4 Å². The lowest BCUT2D eigenvalue weighted by Gasteiger charge is -2.06. The molecule has 1 aliphatic heterocycles. The number of hydrogen-bond donors (Lipinski definition) is 8. The molecule has 1 aliphatic rings. The Morgan fingerprint density at radius 3 is 1.68 bits per heavy atom. The lowest BCUT2D eigenvalue weighted by Crippen LogP contribution is -2.18. The van der Waals surface area contributed by atoms with E-state index in [2.05, 4.69) is 19.9 Å². The van der Waals surface area contributed by atoms with Crippen LogP contribution in [0.1, 0.15) is 28.3 Å². The van der Waals surface area contributed by atoms with Crippen molar-refractivity contribution < 1.29 is 20.4 Å². The summed E-state index contributed by atoms with van der Waals surface area (Å²) in [6, 6.07) is 21.3. The Morgan fingerprint density at radius 2 is 1.03 bits per heavy atom. The van der Waals surface area contributed by atoms with Gasteiger partial charge in [-0.2, -0.15) is 0 Å². The molecule has 5 heterocycles. The number of hydrogen-bond acceptors (Lipinski definition) is 4. The molecule has 5 aromatic rings. The Hall–Kier alpha value is -4.98. The van der Waals surface area contributed by atoms with Crippen molar-refractivity contribution in [2.75, 3.05) is 0 Å². The predicted molar refractivity (Wildman–Crippen MR) is 127 cm³/mol. The van der Waals surface area contributed by atoms with Crippen molar-refractivity contribution in [3.63, 3.8) is 0 Å². The maximum Gasteiger partial charge on any atom is 0.166 e. The first-order valence-corrected chi connectivity index (χ1v) is 10.6. The van der Waals surface area contributed by atoms with E-state index in [1.807, 2.05) is 36.4 Å². The fraction of sp³-hybridized carbons (Fsp3) is 0. The molecule has 0 amide bonds. The van der Waals surface area contributed by atoms with E-state index in [4.69, 9.17) is 0 Å². The Kier molecular flexibility index (Phi) is 4.21. The monoisotopic (exact) mass is 452 g/mol. The molecule has 0 spiro atoms. The number of nitrogens with one attached hydrogen (secondary N) is 4. The lowest BCUT2D eigenvalue weighted by molar-refractivity contribution is 0.459. The number of aromatic amines is 4. The zero-order valence-electron chi connectivity index (χ0n) is 17.7. The van der Waals surface area contributed by atoms with E-state index >= 15 is 0 Å². The standard InChI is InChI=1S/C26H20N4O4/c31-21-12-20-22(13-4-2-1-3-5-13)14-6-7-15(27-14)24(32)16-8-9-17(28-16)25(33)18-10-11-19(29-18)26(34)23(21)30-20/h1-12,27-34H. The van der Waals surface area contributed by atoms with E-state index in [0.29, 0.717) is 38.8 Å². The molecule has 8 N–H and O–H groups in total. The number of aliphatic hydroxyl groups is 3. The van der Waals surface area contributed by atoms with Crippen LogP contribution in [-0.4, -0.2) is 40.4 Å². The lowest BCUT2D eigenvalue weighted by atomic mass is 10.0. The first-order valence-electron chi connectivity index (χ1n) is 10.6. The van der Waals surface area contributed by atoms with Gasteiger partial charge < -0.3 is 40.4 Å². The zero-order chi connectivity index (χ0) is 23.4. The Bertz CT molecular complexity index is 1800. The van der Waals surface area contributed by atoms with Crippen LogP contribution in [0.15, 0.2) is 72.8 Å². The molecule has 34 heavy (non-hydrogen) atoms. The minimum atomic E-state index is -0.201. The molecule has 4 aromatic heterocycles. The number of aliphatic hydroxyl groups excluding tert-OH is 3. The summed E-state index contributed by atoms with van der Waals surface area (Å²) in [5.41, 5.74) is 3.43. The molecule has 0 saturated heterocycles. The minimum Gasteiger partial charge on any atom is -0.506 e. The second kappa shape index (κ2) is 7.28. The second-order valence-electron chi connectivity index (χ2n) is 8.09. The summed E-state index contributed by atoms with van der Waals surface area (Å²) in [5.74, 6) is -0.441. The van der Waals surface area contributed by atoms with Crippen molar-refractivity contribution >= 4 is 22.9 Å². The maximum atomic E-state index is 10.9. The van der Waals surface area contributed by atoms with Crippen LogP contribution in [0.3, 0.4) is 0 Å². The number of H-pyrrole nitrogens is 4.